The third kappa shape index (κ3) is 5.64. The van der Waals surface area contributed by atoms with Crippen molar-refractivity contribution in [2.45, 2.75) is 0 Å². The van der Waals surface area contributed by atoms with E-state index in [1.54, 1.807) is 0 Å². The van der Waals surface area contributed by atoms with Gasteiger partial charge in [0.25, 0.3) is 11.4 Å². The van der Waals surface area contributed by atoms with Gasteiger partial charge in [0.15, 0.2) is 5.11 Å². The summed E-state index contributed by atoms with van der Waals surface area (Å²) in [5.41, 5.74) is -0.139. The number of carbonyl (C=O) groups excluding carboxylic acids is 1. The predicted molar refractivity (Wildman–Crippen MR) is 99.5 cm³/mol. The van der Waals surface area contributed by atoms with E-state index in [1.165, 1.54) is 30.3 Å². The number of nitrogens with one attached hydrogen (secondary N) is 2. The van der Waals surface area contributed by atoms with Crippen LogP contribution in [-0.4, -0.2) is 20.9 Å². The summed E-state index contributed by atoms with van der Waals surface area (Å²) in [6, 6.07) is 8.33. The molecule has 0 saturated heterocycles. The van der Waals surface area contributed by atoms with Gasteiger partial charge in [0, 0.05) is 30.3 Å². The molecule has 0 heterocycles. The Morgan fingerprint density at radius 1 is 1.04 bits per heavy atom. The standard InChI is InChI=1S/C16H11FN4O5S/c17-13-7-6-12(21(25)26)9-14(13)18-16(27)19-15(22)8-3-10-1-4-11(5-2-10)20(23)24/h1-9H,(H2,18,19,22,27)/b8-3+. The first-order valence-electron chi connectivity index (χ1n) is 7.24. The Bertz CT molecular complexity index is 946. The number of non-ortho nitro benzene ring substituents is 2. The Balaban J connectivity index is 1.97. The maximum atomic E-state index is 13.7. The second kappa shape index (κ2) is 8.58. The van der Waals surface area contributed by atoms with Crippen molar-refractivity contribution < 1.29 is 19.0 Å². The van der Waals surface area contributed by atoms with E-state index >= 15 is 0 Å². The number of nitro benzene ring substituents is 2. The molecule has 0 atom stereocenters. The molecule has 2 rings (SSSR count). The van der Waals surface area contributed by atoms with E-state index in [0.29, 0.717) is 5.56 Å². The zero-order valence-corrected chi connectivity index (χ0v) is 14.2. The lowest BCUT2D eigenvalue weighted by atomic mass is 10.2. The number of hydrogen-bond acceptors (Lipinski definition) is 6. The van der Waals surface area contributed by atoms with Crippen LogP contribution in [-0.2, 0) is 4.79 Å². The summed E-state index contributed by atoms with van der Waals surface area (Å²) >= 11 is 4.87. The van der Waals surface area contributed by atoms with Crippen LogP contribution in [0.1, 0.15) is 5.56 Å². The summed E-state index contributed by atoms with van der Waals surface area (Å²) in [5, 5.41) is 25.6. The number of amides is 1. The summed E-state index contributed by atoms with van der Waals surface area (Å²) in [4.78, 5) is 31.9. The van der Waals surface area contributed by atoms with Gasteiger partial charge in [0.05, 0.1) is 15.5 Å². The molecule has 27 heavy (non-hydrogen) atoms. The first-order chi connectivity index (χ1) is 12.8. The molecule has 0 aromatic heterocycles. The quantitative estimate of drug-likeness (QED) is 0.347. The van der Waals surface area contributed by atoms with E-state index in [-0.39, 0.29) is 22.2 Å². The minimum atomic E-state index is -0.779. The number of halogens is 1. The maximum absolute atomic E-state index is 13.7. The lowest BCUT2D eigenvalue weighted by Crippen LogP contribution is -2.33. The van der Waals surface area contributed by atoms with Crippen molar-refractivity contribution in [3.8, 4) is 0 Å². The summed E-state index contributed by atoms with van der Waals surface area (Å²) in [5.74, 6) is -1.42. The van der Waals surface area contributed by atoms with Crippen LogP contribution in [0.25, 0.3) is 6.08 Å². The highest BCUT2D eigenvalue weighted by Gasteiger charge is 2.12. The zero-order valence-electron chi connectivity index (χ0n) is 13.4. The minimum Gasteiger partial charge on any atom is -0.330 e. The van der Waals surface area contributed by atoms with E-state index in [0.717, 1.165) is 24.3 Å². The second-order valence-electron chi connectivity index (χ2n) is 5.05. The highest BCUT2D eigenvalue weighted by atomic mass is 32.1. The van der Waals surface area contributed by atoms with Crippen LogP contribution >= 0.6 is 12.2 Å². The number of hydrogen-bond donors (Lipinski definition) is 2. The molecule has 0 radical (unpaired) electrons. The highest BCUT2D eigenvalue weighted by Crippen LogP contribution is 2.21. The average molecular weight is 390 g/mol. The average Bonchev–Trinajstić information content (AvgIpc) is 2.62. The van der Waals surface area contributed by atoms with Crippen molar-refractivity contribution in [2.75, 3.05) is 5.32 Å². The molecule has 11 heteroatoms. The lowest BCUT2D eigenvalue weighted by Gasteiger charge is -2.08. The molecule has 2 N–H and O–H groups in total. The Labute approximate surface area is 156 Å². The van der Waals surface area contributed by atoms with E-state index in [2.05, 4.69) is 10.6 Å². The van der Waals surface area contributed by atoms with Crippen molar-refractivity contribution in [1.29, 1.82) is 0 Å². The molecule has 2 aromatic rings. The van der Waals surface area contributed by atoms with Crippen LogP contribution in [0.5, 0.6) is 0 Å². The van der Waals surface area contributed by atoms with Gasteiger partial charge < -0.3 is 5.32 Å². The number of nitrogens with zero attached hydrogens (tertiary/aromatic N) is 2. The Morgan fingerprint density at radius 3 is 2.22 bits per heavy atom. The van der Waals surface area contributed by atoms with Gasteiger partial charge in [0.1, 0.15) is 5.82 Å². The summed E-state index contributed by atoms with van der Waals surface area (Å²) < 4.78 is 13.7. The number of benzene rings is 2. The number of anilines is 1. The lowest BCUT2D eigenvalue weighted by molar-refractivity contribution is -0.385. The number of thiocarbonyl (C=S) groups is 1. The molecule has 0 saturated carbocycles. The smallest absolute Gasteiger partial charge is 0.271 e. The Kier molecular flexibility index (Phi) is 6.23. The zero-order chi connectivity index (χ0) is 20.0. The molecule has 0 unspecified atom stereocenters. The van der Waals surface area contributed by atoms with Gasteiger partial charge in [-0.25, -0.2) is 4.39 Å². The van der Waals surface area contributed by atoms with E-state index < -0.39 is 21.6 Å². The molecule has 0 bridgehead atoms. The number of rotatable bonds is 5. The molecule has 0 aliphatic heterocycles. The first-order valence-corrected chi connectivity index (χ1v) is 7.65. The molecule has 0 aliphatic rings. The first kappa shape index (κ1) is 19.6. The van der Waals surface area contributed by atoms with Gasteiger partial charge in [0.2, 0.25) is 5.91 Å². The van der Waals surface area contributed by atoms with E-state index in [4.69, 9.17) is 12.2 Å². The largest absolute Gasteiger partial charge is 0.330 e. The monoisotopic (exact) mass is 390 g/mol. The van der Waals surface area contributed by atoms with Gasteiger partial charge in [-0.3, -0.25) is 30.3 Å². The molecular formula is C16H11FN4O5S. The van der Waals surface area contributed by atoms with Crippen molar-refractivity contribution >= 4 is 46.4 Å². The normalized spacial score (nSPS) is 10.4. The molecular weight excluding hydrogens is 379 g/mol. The summed E-state index contributed by atoms with van der Waals surface area (Å²) in [7, 11) is 0. The number of nitro groups is 2. The second-order valence-corrected chi connectivity index (χ2v) is 5.45. The highest BCUT2D eigenvalue weighted by molar-refractivity contribution is 7.80. The molecule has 0 spiro atoms. The van der Waals surface area contributed by atoms with Crippen LogP contribution in [0.3, 0.4) is 0 Å². The molecule has 138 valence electrons. The Morgan fingerprint density at radius 2 is 1.63 bits per heavy atom. The fourth-order valence-electron chi connectivity index (χ4n) is 1.91. The van der Waals surface area contributed by atoms with Crippen LogP contribution in [0.4, 0.5) is 21.5 Å². The fourth-order valence-corrected chi connectivity index (χ4v) is 2.12. The van der Waals surface area contributed by atoms with Crippen molar-refractivity contribution in [2.24, 2.45) is 0 Å². The van der Waals surface area contributed by atoms with Crippen molar-refractivity contribution in [3.05, 3.63) is 80.1 Å². The molecule has 0 fully saturated rings. The van der Waals surface area contributed by atoms with Crippen LogP contribution < -0.4 is 10.6 Å². The molecule has 0 aliphatic carbocycles. The third-order valence-corrected chi connectivity index (χ3v) is 3.38. The van der Waals surface area contributed by atoms with Gasteiger partial charge in [-0.05, 0) is 42.1 Å². The minimum absolute atomic E-state index is 0.0824. The predicted octanol–water partition coefficient (Wildman–Crippen LogP) is 3.17. The van der Waals surface area contributed by atoms with Gasteiger partial charge in [-0.2, -0.15) is 0 Å². The Hall–Kier alpha value is -3.73. The van der Waals surface area contributed by atoms with Gasteiger partial charge >= 0.3 is 0 Å². The molecule has 1 amide bonds. The van der Waals surface area contributed by atoms with Crippen LogP contribution in [0.15, 0.2) is 48.5 Å². The topological polar surface area (TPSA) is 127 Å². The van der Waals surface area contributed by atoms with Crippen LogP contribution in [0, 0.1) is 26.0 Å². The summed E-state index contributed by atoms with van der Waals surface area (Å²) in [6.45, 7) is 0. The molecule has 2 aromatic carbocycles. The molecule has 9 nitrogen and oxygen atoms in total. The summed E-state index contributed by atoms with van der Waals surface area (Å²) in [6.07, 6.45) is 2.52. The van der Waals surface area contributed by atoms with Crippen LogP contribution in [0.2, 0.25) is 0 Å². The van der Waals surface area contributed by atoms with E-state index in [9.17, 15) is 29.4 Å². The van der Waals surface area contributed by atoms with Crippen molar-refractivity contribution in [1.82, 2.24) is 5.32 Å². The maximum Gasteiger partial charge on any atom is 0.271 e. The van der Waals surface area contributed by atoms with Crippen molar-refractivity contribution in [3.63, 3.8) is 0 Å². The van der Waals surface area contributed by atoms with Gasteiger partial charge in [-0.15, -0.1) is 0 Å². The van der Waals surface area contributed by atoms with Gasteiger partial charge in [-0.1, -0.05) is 0 Å². The third-order valence-electron chi connectivity index (χ3n) is 3.18. The SMILES string of the molecule is O=C(/C=C/c1ccc([N+](=O)[O-])cc1)NC(=S)Nc1cc([N+](=O)[O-])ccc1F. The van der Waals surface area contributed by atoms with E-state index in [1.807, 2.05) is 0 Å². The number of carbonyl (C=O) groups is 1. The fraction of sp³-hybridized carbons (Fsp3) is 0.